The van der Waals surface area contributed by atoms with Crippen molar-refractivity contribution < 1.29 is 19.4 Å². The molecule has 1 heterocycles. The third kappa shape index (κ3) is 5.39. The van der Waals surface area contributed by atoms with Crippen LogP contribution in [0.2, 0.25) is 0 Å². The van der Waals surface area contributed by atoms with Gasteiger partial charge in [0.25, 0.3) is 0 Å². The summed E-state index contributed by atoms with van der Waals surface area (Å²) in [7, 11) is 0. The zero-order valence-electron chi connectivity index (χ0n) is 17.4. The molecular weight excluding hydrogens is 488 g/mol. The molecule has 0 aliphatic heterocycles. The first-order valence-corrected chi connectivity index (χ1v) is 11.6. The fourth-order valence-corrected chi connectivity index (χ4v) is 4.73. The third-order valence-corrected chi connectivity index (χ3v) is 6.56. The van der Waals surface area contributed by atoms with Gasteiger partial charge in [0.2, 0.25) is 0 Å². The number of thiophene rings is 1. The first-order valence-electron chi connectivity index (χ1n) is 10.0. The Hall–Kier alpha value is -3.09. The SMILES string of the molecule is Cc1cc(OC/C=C(/c2ccc(Br)cc2)c2cc3ccccc3s2)ccc1OCC(=O)O. The Morgan fingerprint density at radius 1 is 1.03 bits per heavy atom. The highest BCUT2D eigenvalue weighted by atomic mass is 79.9. The molecule has 3 aromatic carbocycles. The molecule has 4 aromatic rings. The monoisotopic (exact) mass is 508 g/mol. The average Bonchev–Trinajstić information content (AvgIpc) is 3.21. The van der Waals surface area contributed by atoms with E-state index in [4.69, 9.17) is 14.6 Å². The summed E-state index contributed by atoms with van der Waals surface area (Å²) in [5.74, 6) is 0.237. The van der Waals surface area contributed by atoms with Gasteiger partial charge in [-0.05, 0) is 77.6 Å². The molecule has 0 radical (unpaired) electrons. The Morgan fingerprint density at radius 2 is 1.81 bits per heavy atom. The second kappa shape index (κ2) is 10.0. The highest BCUT2D eigenvalue weighted by Crippen LogP contribution is 2.34. The smallest absolute Gasteiger partial charge is 0.341 e. The molecule has 0 atom stereocenters. The fraction of sp³-hybridized carbons (Fsp3) is 0.115. The van der Waals surface area contributed by atoms with Crippen molar-refractivity contribution in [2.75, 3.05) is 13.2 Å². The number of carboxylic acids is 1. The summed E-state index contributed by atoms with van der Waals surface area (Å²) in [6, 6.07) is 24.2. The molecule has 1 N–H and O–H groups in total. The molecule has 32 heavy (non-hydrogen) atoms. The van der Waals surface area contributed by atoms with Gasteiger partial charge < -0.3 is 14.6 Å². The van der Waals surface area contributed by atoms with Crippen LogP contribution < -0.4 is 9.47 Å². The van der Waals surface area contributed by atoms with Crippen molar-refractivity contribution >= 4 is 48.9 Å². The Balaban J connectivity index is 1.56. The maximum Gasteiger partial charge on any atom is 0.341 e. The van der Waals surface area contributed by atoms with Crippen molar-refractivity contribution in [2.45, 2.75) is 6.92 Å². The minimum Gasteiger partial charge on any atom is -0.489 e. The van der Waals surface area contributed by atoms with Gasteiger partial charge in [0, 0.05) is 14.0 Å². The first-order chi connectivity index (χ1) is 15.5. The number of carbonyl (C=O) groups is 1. The van der Waals surface area contributed by atoms with E-state index in [1.807, 2.05) is 25.1 Å². The summed E-state index contributed by atoms with van der Waals surface area (Å²) in [6.07, 6.45) is 2.10. The van der Waals surface area contributed by atoms with Crippen molar-refractivity contribution in [3.8, 4) is 11.5 Å². The van der Waals surface area contributed by atoms with Gasteiger partial charge in [-0.15, -0.1) is 11.3 Å². The van der Waals surface area contributed by atoms with Crippen LogP contribution >= 0.6 is 27.3 Å². The molecule has 0 aliphatic rings. The van der Waals surface area contributed by atoms with E-state index >= 15 is 0 Å². The second-order valence-electron chi connectivity index (χ2n) is 7.19. The normalized spacial score (nSPS) is 11.5. The second-order valence-corrected chi connectivity index (χ2v) is 9.19. The zero-order chi connectivity index (χ0) is 22.5. The van der Waals surface area contributed by atoms with E-state index in [-0.39, 0.29) is 6.61 Å². The fourth-order valence-electron chi connectivity index (χ4n) is 3.34. The van der Waals surface area contributed by atoms with Crippen molar-refractivity contribution in [1.29, 1.82) is 0 Å². The summed E-state index contributed by atoms with van der Waals surface area (Å²) in [4.78, 5) is 11.9. The van der Waals surface area contributed by atoms with E-state index in [2.05, 4.69) is 64.5 Å². The third-order valence-electron chi connectivity index (χ3n) is 4.88. The summed E-state index contributed by atoms with van der Waals surface area (Å²) in [6.45, 7) is 1.90. The van der Waals surface area contributed by atoms with Crippen LogP contribution in [-0.4, -0.2) is 24.3 Å². The number of carboxylic acid groups (broad SMARTS) is 1. The number of aliphatic carboxylic acids is 1. The van der Waals surface area contributed by atoms with Gasteiger partial charge in [0.05, 0.1) is 0 Å². The van der Waals surface area contributed by atoms with Gasteiger partial charge in [-0.3, -0.25) is 0 Å². The van der Waals surface area contributed by atoms with E-state index in [1.165, 1.54) is 15.0 Å². The van der Waals surface area contributed by atoms with Gasteiger partial charge in [-0.2, -0.15) is 0 Å². The Kier molecular flexibility index (Phi) is 6.93. The Bertz CT molecular complexity index is 1240. The number of rotatable bonds is 8. The molecule has 1 aromatic heterocycles. The maximum atomic E-state index is 10.7. The lowest BCUT2D eigenvalue weighted by atomic mass is 10.0. The van der Waals surface area contributed by atoms with E-state index in [9.17, 15) is 4.79 Å². The van der Waals surface area contributed by atoms with Crippen LogP contribution in [0.15, 0.2) is 83.3 Å². The molecule has 162 valence electrons. The topological polar surface area (TPSA) is 55.8 Å². The van der Waals surface area contributed by atoms with Gasteiger partial charge in [0.15, 0.2) is 6.61 Å². The lowest BCUT2D eigenvalue weighted by molar-refractivity contribution is -0.139. The summed E-state index contributed by atoms with van der Waals surface area (Å²) in [5.41, 5.74) is 3.07. The lowest BCUT2D eigenvalue weighted by Gasteiger charge is -2.11. The largest absolute Gasteiger partial charge is 0.489 e. The molecule has 4 rings (SSSR count). The number of hydrogen-bond donors (Lipinski definition) is 1. The van der Waals surface area contributed by atoms with Crippen molar-refractivity contribution in [1.82, 2.24) is 0 Å². The Labute approximate surface area is 198 Å². The predicted octanol–water partition coefficient (Wildman–Crippen LogP) is 6.95. The molecule has 0 saturated heterocycles. The first kappa shape index (κ1) is 22.1. The minimum absolute atomic E-state index is 0.366. The lowest BCUT2D eigenvalue weighted by Crippen LogP contribution is -2.10. The molecule has 0 amide bonds. The van der Waals surface area contributed by atoms with Crippen LogP contribution in [0.3, 0.4) is 0 Å². The summed E-state index contributed by atoms with van der Waals surface area (Å²) >= 11 is 5.27. The van der Waals surface area contributed by atoms with Crippen LogP contribution in [0.4, 0.5) is 0 Å². The van der Waals surface area contributed by atoms with E-state index < -0.39 is 5.97 Å². The van der Waals surface area contributed by atoms with Crippen LogP contribution in [0, 0.1) is 6.92 Å². The molecule has 0 saturated carbocycles. The quantitative estimate of drug-likeness (QED) is 0.279. The van der Waals surface area contributed by atoms with Crippen molar-refractivity contribution in [3.63, 3.8) is 0 Å². The molecular formula is C26H21BrO4S. The van der Waals surface area contributed by atoms with Crippen molar-refractivity contribution in [3.05, 3.63) is 99.3 Å². The maximum absolute atomic E-state index is 10.7. The van der Waals surface area contributed by atoms with E-state index in [1.54, 1.807) is 23.5 Å². The number of fused-ring (bicyclic) bond motifs is 1. The molecule has 0 spiro atoms. The van der Waals surface area contributed by atoms with Crippen LogP contribution in [0.5, 0.6) is 11.5 Å². The number of ether oxygens (including phenoxy) is 2. The zero-order valence-corrected chi connectivity index (χ0v) is 19.8. The van der Waals surface area contributed by atoms with Gasteiger partial charge >= 0.3 is 5.97 Å². The molecule has 6 heteroatoms. The minimum atomic E-state index is -1.00. The van der Waals surface area contributed by atoms with Crippen LogP contribution in [0.25, 0.3) is 15.7 Å². The predicted molar refractivity (Wildman–Crippen MR) is 133 cm³/mol. The highest BCUT2D eigenvalue weighted by molar-refractivity contribution is 9.10. The number of aryl methyl sites for hydroxylation is 1. The standard InChI is InChI=1S/C26H21BrO4S/c1-17-14-21(10-11-23(17)31-16-26(28)29)30-13-12-22(18-6-8-20(27)9-7-18)25-15-19-4-2-3-5-24(19)32-25/h2-12,14-15H,13,16H2,1H3,(H,28,29)/b22-12-. The van der Waals surface area contributed by atoms with Crippen LogP contribution in [0.1, 0.15) is 16.0 Å². The van der Waals surface area contributed by atoms with Crippen LogP contribution in [-0.2, 0) is 4.79 Å². The molecule has 4 nitrogen and oxygen atoms in total. The molecule has 0 unspecified atom stereocenters. The molecule has 0 bridgehead atoms. The van der Waals surface area contributed by atoms with Gasteiger partial charge in [0.1, 0.15) is 18.1 Å². The summed E-state index contributed by atoms with van der Waals surface area (Å²) < 4.78 is 13.6. The van der Waals surface area contributed by atoms with Gasteiger partial charge in [-0.1, -0.05) is 46.3 Å². The van der Waals surface area contributed by atoms with Crippen molar-refractivity contribution in [2.24, 2.45) is 0 Å². The highest BCUT2D eigenvalue weighted by Gasteiger charge is 2.10. The number of hydrogen-bond acceptors (Lipinski definition) is 4. The average molecular weight is 509 g/mol. The van der Waals surface area contributed by atoms with E-state index in [0.717, 1.165) is 21.2 Å². The van der Waals surface area contributed by atoms with E-state index in [0.29, 0.717) is 18.1 Å². The summed E-state index contributed by atoms with van der Waals surface area (Å²) in [5, 5.41) is 10.0. The number of halogens is 1. The Morgan fingerprint density at radius 3 is 2.53 bits per heavy atom. The molecule has 0 aliphatic carbocycles. The molecule has 0 fully saturated rings. The number of benzene rings is 3. The van der Waals surface area contributed by atoms with Gasteiger partial charge in [-0.25, -0.2) is 4.79 Å².